The third-order valence-electron chi connectivity index (χ3n) is 5.40. The quantitative estimate of drug-likeness (QED) is 0.322. The van der Waals surface area contributed by atoms with Crippen LogP contribution >= 0.6 is 0 Å². The lowest BCUT2D eigenvalue weighted by Gasteiger charge is -2.30. The standard InChI is InChI=1S/C19H37N5O2/c1-3-21-18(23-15-19(2)9-6-14-26-19)22-10-4-5-11-24-12-7-16(8-13-24)17(20)25/h16H,3-15H2,1-2H3,(H2,20,25)(H2,21,22,23). The highest BCUT2D eigenvalue weighted by molar-refractivity contribution is 5.79. The number of unbranched alkanes of at least 4 members (excludes halogenated alkanes) is 1. The van der Waals surface area contributed by atoms with Gasteiger partial charge in [-0.25, -0.2) is 0 Å². The van der Waals surface area contributed by atoms with Crippen LogP contribution in [0.1, 0.15) is 52.4 Å². The number of likely N-dealkylation sites (tertiary alicyclic amines) is 1. The molecule has 4 N–H and O–H groups in total. The minimum atomic E-state index is -0.138. The molecule has 0 bridgehead atoms. The van der Waals surface area contributed by atoms with Crippen molar-refractivity contribution in [1.29, 1.82) is 0 Å². The zero-order valence-electron chi connectivity index (χ0n) is 16.6. The molecule has 2 heterocycles. The minimum Gasteiger partial charge on any atom is -0.373 e. The molecular formula is C19H37N5O2. The Morgan fingerprint density at radius 2 is 2.08 bits per heavy atom. The van der Waals surface area contributed by atoms with Crippen molar-refractivity contribution in [2.24, 2.45) is 16.6 Å². The predicted molar refractivity (Wildman–Crippen MR) is 105 cm³/mol. The van der Waals surface area contributed by atoms with Crippen molar-refractivity contribution in [3.63, 3.8) is 0 Å². The number of amides is 1. The summed E-state index contributed by atoms with van der Waals surface area (Å²) in [6.07, 6.45) is 6.29. The molecular weight excluding hydrogens is 330 g/mol. The van der Waals surface area contributed by atoms with Gasteiger partial charge in [-0.15, -0.1) is 0 Å². The van der Waals surface area contributed by atoms with Crippen molar-refractivity contribution < 1.29 is 9.53 Å². The number of ether oxygens (including phenoxy) is 1. The van der Waals surface area contributed by atoms with Gasteiger partial charge in [0.25, 0.3) is 0 Å². The number of hydrogen-bond acceptors (Lipinski definition) is 4. The van der Waals surface area contributed by atoms with E-state index >= 15 is 0 Å². The van der Waals surface area contributed by atoms with Gasteiger partial charge in [-0.1, -0.05) is 0 Å². The van der Waals surface area contributed by atoms with Crippen LogP contribution in [0.3, 0.4) is 0 Å². The smallest absolute Gasteiger partial charge is 0.220 e. The Balaban J connectivity index is 1.60. The number of guanidine groups is 1. The molecule has 0 radical (unpaired) electrons. The lowest BCUT2D eigenvalue weighted by molar-refractivity contribution is -0.123. The average Bonchev–Trinajstić information content (AvgIpc) is 3.06. The van der Waals surface area contributed by atoms with E-state index in [0.29, 0.717) is 6.54 Å². The number of primary amides is 1. The second-order valence-corrected chi connectivity index (χ2v) is 7.75. The number of nitrogens with zero attached hydrogens (tertiary/aromatic N) is 2. The first-order valence-corrected chi connectivity index (χ1v) is 10.2. The molecule has 2 fully saturated rings. The van der Waals surface area contributed by atoms with Crippen molar-refractivity contribution in [3.8, 4) is 0 Å². The molecule has 0 aromatic carbocycles. The molecule has 1 amide bonds. The van der Waals surface area contributed by atoms with Crippen LogP contribution in [-0.4, -0.2) is 68.2 Å². The van der Waals surface area contributed by atoms with Gasteiger partial charge in [0, 0.05) is 25.6 Å². The molecule has 2 aliphatic heterocycles. The highest BCUT2D eigenvalue weighted by Crippen LogP contribution is 2.25. The second kappa shape index (κ2) is 10.7. The van der Waals surface area contributed by atoms with Gasteiger partial charge in [-0.2, -0.15) is 0 Å². The zero-order chi connectivity index (χ0) is 18.8. The fraction of sp³-hybridized carbons (Fsp3) is 0.895. The number of carbonyl (C=O) groups excluding carboxylic acids is 1. The maximum atomic E-state index is 11.2. The van der Waals surface area contributed by atoms with E-state index in [1.807, 2.05) is 0 Å². The van der Waals surface area contributed by atoms with Gasteiger partial charge >= 0.3 is 0 Å². The van der Waals surface area contributed by atoms with Gasteiger partial charge < -0.3 is 26.0 Å². The van der Waals surface area contributed by atoms with Gasteiger partial charge in [0.2, 0.25) is 5.91 Å². The predicted octanol–water partition coefficient (Wildman–Crippen LogP) is 1.09. The first-order valence-electron chi connectivity index (χ1n) is 10.2. The monoisotopic (exact) mass is 367 g/mol. The summed E-state index contributed by atoms with van der Waals surface area (Å²) < 4.78 is 5.80. The van der Waals surface area contributed by atoms with E-state index in [1.165, 1.54) is 0 Å². The minimum absolute atomic E-state index is 0.0810. The molecule has 2 saturated heterocycles. The molecule has 7 nitrogen and oxygen atoms in total. The van der Waals surface area contributed by atoms with Crippen molar-refractivity contribution in [1.82, 2.24) is 15.5 Å². The maximum Gasteiger partial charge on any atom is 0.220 e. The Labute approximate surface area is 158 Å². The molecule has 0 aromatic rings. The van der Waals surface area contributed by atoms with Crippen molar-refractivity contribution in [2.45, 2.75) is 58.0 Å². The first-order chi connectivity index (χ1) is 12.5. The Hall–Kier alpha value is -1.34. The Morgan fingerprint density at radius 3 is 2.69 bits per heavy atom. The molecule has 150 valence electrons. The molecule has 26 heavy (non-hydrogen) atoms. The number of aliphatic imine (C=N–C) groups is 1. The molecule has 1 unspecified atom stereocenters. The Bertz CT molecular complexity index is 455. The van der Waals surface area contributed by atoms with E-state index in [9.17, 15) is 4.79 Å². The summed E-state index contributed by atoms with van der Waals surface area (Å²) in [7, 11) is 0. The van der Waals surface area contributed by atoms with Gasteiger partial charge in [-0.3, -0.25) is 9.79 Å². The highest BCUT2D eigenvalue weighted by Gasteiger charge is 2.29. The molecule has 0 spiro atoms. The molecule has 1 atom stereocenters. The summed E-state index contributed by atoms with van der Waals surface area (Å²) in [4.78, 5) is 18.3. The summed E-state index contributed by atoms with van der Waals surface area (Å²) in [5.41, 5.74) is 5.29. The van der Waals surface area contributed by atoms with E-state index in [4.69, 9.17) is 15.5 Å². The number of carbonyl (C=O) groups is 1. The SMILES string of the molecule is CCNC(=NCC1(C)CCCO1)NCCCCN1CCC(C(N)=O)CC1. The van der Waals surface area contributed by atoms with Gasteiger partial charge in [-0.05, 0) is 72.0 Å². The molecule has 7 heteroatoms. The number of nitrogens with two attached hydrogens (primary N) is 1. The fourth-order valence-electron chi connectivity index (χ4n) is 3.66. The zero-order valence-corrected chi connectivity index (χ0v) is 16.6. The van der Waals surface area contributed by atoms with E-state index in [2.05, 4.69) is 29.4 Å². The van der Waals surface area contributed by atoms with Crippen LogP contribution in [0.15, 0.2) is 4.99 Å². The Morgan fingerprint density at radius 1 is 1.31 bits per heavy atom. The van der Waals surface area contributed by atoms with Crippen LogP contribution in [0.5, 0.6) is 0 Å². The van der Waals surface area contributed by atoms with Crippen LogP contribution in [0.2, 0.25) is 0 Å². The summed E-state index contributed by atoms with van der Waals surface area (Å²) >= 11 is 0. The van der Waals surface area contributed by atoms with Gasteiger partial charge in [0.15, 0.2) is 5.96 Å². The van der Waals surface area contributed by atoms with Crippen molar-refractivity contribution in [2.75, 3.05) is 45.9 Å². The van der Waals surface area contributed by atoms with Crippen LogP contribution in [0, 0.1) is 5.92 Å². The lowest BCUT2D eigenvalue weighted by Crippen LogP contribution is -2.40. The second-order valence-electron chi connectivity index (χ2n) is 7.75. The number of rotatable bonds is 9. The van der Waals surface area contributed by atoms with E-state index < -0.39 is 0 Å². The number of hydrogen-bond donors (Lipinski definition) is 3. The molecule has 0 aromatic heterocycles. The van der Waals surface area contributed by atoms with Crippen molar-refractivity contribution >= 4 is 11.9 Å². The van der Waals surface area contributed by atoms with Gasteiger partial charge in [0.1, 0.15) is 0 Å². The lowest BCUT2D eigenvalue weighted by atomic mass is 9.96. The third-order valence-corrected chi connectivity index (χ3v) is 5.40. The average molecular weight is 368 g/mol. The van der Waals surface area contributed by atoms with Crippen LogP contribution in [0.25, 0.3) is 0 Å². The molecule has 0 saturated carbocycles. The summed E-state index contributed by atoms with van der Waals surface area (Å²) in [5, 5.41) is 6.73. The summed E-state index contributed by atoms with van der Waals surface area (Å²) in [5.74, 6) is 0.824. The summed E-state index contributed by atoms with van der Waals surface area (Å²) in [6.45, 7) is 10.6. The fourth-order valence-corrected chi connectivity index (χ4v) is 3.66. The normalized spacial score (nSPS) is 25.4. The van der Waals surface area contributed by atoms with Crippen LogP contribution in [0.4, 0.5) is 0 Å². The van der Waals surface area contributed by atoms with Crippen molar-refractivity contribution in [3.05, 3.63) is 0 Å². The van der Waals surface area contributed by atoms with E-state index in [0.717, 1.165) is 83.8 Å². The topological polar surface area (TPSA) is 92.0 Å². The molecule has 2 rings (SSSR count). The van der Waals surface area contributed by atoms with Crippen LogP contribution < -0.4 is 16.4 Å². The summed E-state index contributed by atoms with van der Waals surface area (Å²) in [6, 6.07) is 0. The highest BCUT2D eigenvalue weighted by atomic mass is 16.5. The molecule has 0 aliphatic carbocycles. The van der Waals surface area contributed by atoms with Crippen LogP contribution in [-0.2, 0) is 9.53 Å². The largest absolute Gasteiger partial charge is 0.373 e. The third kappa shape index (κ3) is 7.11. The first kappa shape index (κ1) is 21.0. The number of piperidine rings is 1. The molecule has 2 aliphatic rings. The van der Waals surface area contributed by atoms with E-state index in [1.54, 1.807) is 0 Å². The van der Waals surface area contributed by atoms with Gasteiger partial charge in [0.05, 0.1) is 12.1 Å². The maximum absolute atomic E-state index is 11.2. The number of nitrogens with one attached hydrogen (secondary N) is 2. The Kier molecular flexibility index (Phi) is 8.65. The van der Waals surface area contributed by atoms with E-state index in [-0.39, 0.29) is 17.4 Å².